The van der Waals surface area contributed by atoms with Crippen LogP contribution in [0, 0.1) is 12.7 Å². The van der Waals surface area contributed by atoms with Crippen LogP contribution < -0.4 is 5.73 Å². The molecule has 1 aromatic carbocycles. The van der Waals surface area contributed by atoms with Crippen LogP contribution in [-0.2, 0) is 16.1 Å². The number of hydrogen-bond acceptors (Lipinski definition) is 5. The van der Waals surface area contributed by atoms with Gasteiger partial charge >= 0.3 is 5.97 Å². The van der Waals surface area contributed by atoms with E-state index >= 15 is 0 Å². The summed E-state index contributed by atoms with van der Waals surface area (Å²) in [5, 5.41) is 4.15. The van der Waals surface area contributed by atoms with Gasteiger partial charge in [-0.15, -0.1) is 0 Å². The number of nitrogens with zero attached hydrogens (tertiary/aromatic N) is 2. The molecule has 2 aromatic rings. The minimum Gasteiger partial charge on any atom is -0.468 e. The maximum absolute atomic E-state index is 13.3. The lowest BCUT2D eigenvalue weighted by Gasteiger charge is -2.02. The summed E-state index contributed by atoms with van der Waals surface area (Å²) in [6.45, 7) is 1.40. The quantitative estimate of drug-likeness (QED) is 0.682. The summed E-state index contributed by atoms with van der Waals surface area (Å²) < 4.78 is 19.0. The molecule has 0 aliphatic rings. The second-order valence-electron chi connectivity index (χ2n) is 4.46. The Kier molecular flexibility index (Phi) is 4.02. The van der Waals surface area contributed by atoms with Crippen molar-refractivity contribution in [3.8, 4) is 11.3 Å². The van der Waals surface area contributed by atoms with Crippen molar-refractivity contribution < 1.29 is 18.7 Å². The molecule has 2 rings (SSSR count). The predicted molar refractivity (Wildman–Crippen MR) is 74.2 cm³/mol. The summed E-state index contributed by atoms with van der Waals surface area (Å²) in [5.74, 6) is -0.829. The second-order valence-corrected chi connectivity index (χ2v) is 4.46. The number of aldehydes is 1. The third-order valence-corrected chi connectivity index (χ3v) is 3.09. The normalized spacial score (nSPS) is 10.4. The molecular formula is C14H14FN3O3. The molecule has 110 valence electrons. The summed E-state index contributed by atoms with van der Waals surface area (Å²) in [6, 6.07) is 4.35. The summed E-state index contributed by atoms with van der Waals surface area (Å²) in [6.07, 6.45) is 0.560. The van der Waals surface area contributed by atoms with Gasteiger partial charge in [0.2, 0.25) is 0 Å². The lowest BCUT2D eigenvalue weighted by molar-refractivity contribution is -0.141. The number of methoxy groups -OCH3 is 1. The van der Waals surface area contributed by atoms with E-state index in [1.165, 1.54) is 23.9 Å². The third kappa shape index (κ3) is 2.76. The number of nitrogen functional groups attached to an aromatic ring is 1. The standard InChI is InChI=1S/C14H14FN3O3/c1-8-5-9(3-4-11(8)15)13-10(7-19)14(16)18(17-13)6-12(20)21-2/h3-5,7H,6,16H2,1-2H3. The van der Waals surface area contributed by atoms with Gasteiger partial charge in [-0.05, 0) is 30.7 Å². The summed E-state index contributed by atoms with van der Waals surface area (Å²) >= 11 is 0. The number of carbonyl (C=O) groups excluding carboxylic acids is 2. The number of benzene rings is 1. The number of rotatable bonds is 4. The first-order valence-corrected chi connectivity index (χ1v) is 6.12. The number of anilines is 1. The SMILES string of the molecule is COC(=O)Cn1nc(-c2ccc(F)c(C)c2)c(C=O)c1N. The average molecular weight is 291 g/mol. The van der Waals surface area contributed by atoms with Gasteiger partial charge in [-0.1, -0.05) is 0 Å². The van der Waals surface area contributed by atoms with Gasteiger partial charge in [0.1, 0.15) is 23.9 Å². The zero-order valence-corrected chi connectivity index (χ0v) is 11.6. The predicted octanol–water partition coefficient (Wildman–Crippen LogP) is 1.57. The van der Waals surface area contributed by atoms with Gasteiger partial charge in [0.15, 0.2) is 6.29 Å². The van der Waals surface area contributed by atoms with Crippen molar-refractivity contribution in [2.24, 2.45) is 0 Å². The van der Waals surface area contributed by atoms with Crippen LogP contribution >= 0.6 is 0 Å². The Labute approximate surface area is 120 Å². The van der Waals surface area contributed by atoms with E-state index < -0.39 is 5.97 Å². The van der Waals surface area contributed by atoms with Crippen molar-refractivity contribution in [1.29, 1.82) is 0 Å². The number of ether oxygens (including phenoxy) is 1. The van der Waals surface area contributed by atoms with Crippen LogP contribution in [0.4, 0.5) is 10.2 Å². The number of esters is 1. The van der Waals surface area contributed by atoms with Crippen LogP contribution in [0.5, 0.6) is 0 Å². The smallest absolute Gasteiger partial charge is 0.327 e. The summed E-state index contributed by atoms with van der Waals surface area (Å²) in [5.41, 5.74) is 7.24. The number of nitrogens with two attached hydrogens (primary N) is 1. The lowest BCUT2D eigenvalue weighted by Crippen LogP contribution is -2.14. The zero-order valence-electron chi connectivity index (χ0n) is 11.6. The highest BCUT2D eigenvalue weighted by Gasteiger charge is 2.18. The first-order valence-electron chi connectivity index (χ1n) is 6.12. The fourth-order valence-electron chi connectivity index (χ4n) is 1.92. The highest BCUT2D eigenvalue weighted by Crippen LogP contribution is 2.27. The highest BCUT2D eigenvalue weighted by atomic mass is 19.1. The van der Waals surface area contributed by atoms with Crippen molar-refractivity contribution in [3.05, 3.63) is 35.1 Å². The molecule has 0 amide bonds. The molecule has 2 N–H and O–H groups in total. The van der Waals surface area contributed by atoms with Gasteiger partial charge < -0.3 is 10.5 Å². The van der Waals surface area contributed by atoms with Crippen LogP contribution in [0.15, 0.2) is 18.2 Å². The Morgan fingerprint density at radius 1 is 1.52 bits per heavy atom. The molecular weight excluding hydrogens is 277 g/mol. The van der Waals surface area contributed by atoms with Crippen molar-refractivity contribution >= 4 is 18.1 Å². The van der Waals surface area contributed by atoms with E-state index in [-0.39, 0.29) is 23.7 Å². The van der Waals surface area contributed by atoms with Crippen LogP contribution in [0.2, 0.25) is 0 Å². The van der Waals surface area contributed by atoms with E-state index in [0.717, 1.165) is 0 Å². The molecule has 0 aliphatic carbocycles. The minimum atomic E-state index is -0.538. The molecule has 6 nitrogen and oxygen atoms in total. The van der Waals surface area contributed by atoms with Crippen molar-refractivity contribution in [2.45, 2.75) is 13.5 Å². The van der Waals surface area contributed by atoms with Gasteiger partial charge in [-0.2, -0.15) is 5.10 Å². The Balaban J connectivity index is 2.52. The first-order chi connectivity index (χ1) is 9.97. The molecule has 7 heteroatoms. The summed E-state index contributed by atoms with van der Waals surface area (Å²) in [7, 11) is 1.24. The van der Waals surface area contributed by atoms with Gasteiger partial charge in [0.05, 0.1) is 12.7 Å². The average Bonchev–Trinajstić information content (AvgIpc) is 2.78. The highest BCUT2D eigenvalue weighted by molar-refractivity contribution is 5.92. The van der Waals surface area contributed by atoms with Crippen molar-refractivity contribution in [1.82, 2.24) is 9.78 Å². The topological polar surface area (TPSA) is 87.2 Å². The largest absolute Gasteiger partial charge is 0.468 e. The fraction of sp³-hybridized carbons (Fsp3) is 0.214. The van der Waals surface area contributed by atoms with Crippen molar-refractivity contribution in [3.63, 3.8) is 0 Å². The molecule has 0 fully saturated rings. The number of hydrogen-bond donors (Lipinski definition) is 1. The second kappa shape index (κ2) is 5.74. The maximum atomic E-state index is 13.3. The zero-order chi connectivity index (χ0) is 15.6. The Hall–Kier alpha value is -2.70. The maximum Gasteiger partial charge on any atom is 0.327 e. The molecule has 0 radical (unpaired) electrons. The van der Waals surface area contributed by atoms with E-state index in [4.69, 9.17) is 5.73 Å². The number of aromatic nitrogens is 2. The molecule has 0 atom stereocenters. The molecule has 21 heavy (non-hydrogen) atoms. The molecule has 0 unspecified atom stereocenters. The van der Waals surface area contributed by atoms with Gasteiger partial charge in [0.25, 0.3) is 0 Å². The Bertz CT molecular complexity index is 710. The van der Waals surface area contributed by atoms with Gasteiger partial charge in [-0.3, -0.25) is 9.59 Å². The fourth-order valence-corrected chi connectivity index (χ4v) is 1.92. The van der Waals surface area contributed by atoms with E-state index in [2.05, 4.69) is 9.84 Å². The molecule has 1 aromatic heterocycles. The third-order valence-electron chi connectivity index (χ3n) is 3.09. The molecule has 1 heterocycles. The Morgan fingerprint density at radius 3 is 2.81 bits per heavy atom. The minimum absolute atomic E-state index is 0.0624. The first kappa shape index (κ1) is 14.7. The summed E-state index contributed by atoms with van der Waals surface area (Å²) in [4.78, 5) is 22.5. The van der Waals surface area contributed by atoms with Crippen molar-refractivity contribution in [2.75, 3.05) is 12.8 Å². The molecule has 0 spiro atoms. The number of carbonyl (C=O) groups is 2. The monoisotopic (exact) mass is 291 g/mol. The van der Waals surface area contributed by atoms with E-state index in [0.29, 0.717) is 23.1 Å². The van der Waals surface area contributed by atoms with Crippen LogP contribution in [0.25, 0.3) is 11.3 Å². The Morgan fingerprint density at radius 2 is 2.24 bits per heavy atom. The molecule has 0 saturated carbocycles. The molecule has 0 saturated heterocycles. The van der Waals surface area contributed by atoms with Gasteiger partial charge in [0, 0.05) is 5.56 Å². The lowest BCUT2D eigenvalue weighted by atomic mass is 10.1. The number of aryl methyl sites for hydroxylation is 1. The van der Waals surface area contributed by atoms with Crippen LogP contribution in [0.1, 0.15) is 15.9 Å². The van der Waals surface area contributed by atoms with Gasteiger partial charge in [-0.25, -0.2) is 9.07 Å². The van der Waals surface area contributed by atoms with E-state index in [1.54, 1.807) is 13.0 Å². The number of halogens is 1. The van der Waals surface area contributed by atoms with E-state index in [1.807, 2.05) is 0 Å². The van der Waals surface area contributed by atoms with E-state index in [9.17, 15) is 14.0 Å². The van der Waals surface area contributed by atoms with Crippen LogP contribution in [0.3, 0.4) is 0 Å². The molecule has 0 bridgehead atoms. The molecule has 0 aliphatic heterocycles. The van der Waals surface area contributed by atoms with Crippen LogP contribution in [-0.4, -0.2) is 29.1 Å².